The second-order valence-corrected chi connectivity index (χ2v) is 4.79. The van der Waals surface area contributed by atoms with Crippen LogP contribution in [0.4, 0.5) is 0 Å². The van der Waals surface area contributed by atoms with Gasteiger partial charge in [0.05, 0.1) is 5.52 Å². The highest BCUT2D eigenvalue weighted by atomic mass is 79.9. The fourth-order valence-corrected chi connectivity index (χ4v) is 2.53. The van der Waals surface area contributed by atoms with Gasteiger partial charge in [0.2, 0.25) is 0 Å². The molecule has 2 rings (SSSR count). The predicted molar refractivity (Wildman–Crippen MR) is 68.6 cm³/mol. The predicted octanol–water partition coefficient (Wildman–Crippen LogP) is 4.52. The zero-order chi connectivity index (χ0) is 11.0. The average molecular weight is 285 g/mol. The van der Waals surface area contributed by atoms with Gasteiger partial charge in [0.15, 0.2) is 0 Å². The number of aromatic nitrogens is 1. The lowest BCUT2D eigenvalue weighted by atomic mass is 10.0. The van der Waals surface area contributed by atoms with E-state index in [1.54, 1.807) is 0 Å². The molecule has 0 saturated carbocycles. The van der Waals surface area contributed by atoms with Gasteiger partial charge in [0, 0.05) is 9.86 Å². The van der Waals surface area contributed by atoms with E-state index in [1.165, 1.54) is 10.9 Å². The van der Waals surface area contributed by atoms with Crippen LogP contribution < -0.4 is 0 Å². The van der Waals surface area contributed by atoms with Crippen molar-refractivity contribution in [3.63, 3.8) is 0 Å². The summed E-state index contributed by atoms with van der Waals surface area (Å²) in [5, 5.41) is 1.81. The van der Waals surface area contributed by atoms with Crippen LogP contribution in [0.2, 0.25) is 5.15 Å². The largest absolute Gasteiger partial charge is 0.236 e. The SMILES string of the molecule is CCc1c(Cl)nc2cc(Br)ccc2c1C. The van der Waals surface area contributed by atoms with E-state index in [0.29, 0.717) is 5.15 Å². The second-order valence-electron chi connectivity index (χ2n) is 3.52. The molecular weight excluding hydrogens is 273 g/mol. The number of pyridine rings is 1. The molecule has 1 heterocycles. The number of nitrogens with zero attached hydrogens (tertiary/aromatic N) is 1. The van der Waals surface area contributed by atoms with Gasteiger partial charge in [-0.3, -0.25) is 0 Å². The molecule has 0 aliphatic rings. The summed E-state index contributed by atoms with van der Waals surface area (Å²) in [5.74, 6) is 0. The molecule has 0 bridgehead atoms. The Morgan fingerprint density at radius 1 is 1.40 bits per heavy atom. The first kappa shape index (κ1) is 10.9. The number of halogens is 2. The van der Waals surface area contributed by atoms with Crippen molar-refractivity contribution in [1.82, 2.24) is 4.98 Å². The molecule has 0 unspecified atom stereocenters. The maximum absolute atomic E-state index is 6.13. The molecule has 1 aromatic heterocycles. The lowest BCUT2D eigenvalue weighted by molar-refractivity contribution is 1.09. The third-order valence-electron chi connectivity index (χ3n) is 2.64. The minimum absolute atomic E-state index is 0.626. The van der Waals surface area contributed by atoms with Crippen molar-refractivity contribution in [2.24, 2.45) is 0 Å². The fourth-order valence-electron chi connectivity index (χ4n) is 1.82. The third kappa shape index (κ3) is 1.88. The zero-order valence-electron chi connectivity index (χ0n) is 8.64. The number of fused-ring (bicyclic) bond motifs is 1. The smallest absolute Gasteiger partial charge is 0.133 e. The summed E-state index contributed by atoms with van der Waals surface area (Å²) >= 11 is 9.57. The van der Waals surface area contributed by atoms with Crippen molar-refractivity contribution >= 4 is 38.4 Å². The average Bonchev–Trinajstić information content (AvgIpc) is 2.17. The molecule has 0 fully saturated rings. The van der Waals surface area contributed by atoms with Crippen LogP contribution in [0.25, 0.3) is 10.9 Å². The van der Waals surface area contributed by atoms with Gasteiger partial charge in [0.25, 0.3) is 0 Å². The van der Waals surface area contributed by atoms with Gasteiger partial charge < -0.3 is 0 Å². The van der Waals surface area contributed by atoms with E-state index < -0.39 is 0 Å². The van der Waals surface area contributed by atoms with Crippen LogP contribution in [0.1, 0.15) is 18.1 Å². The molecule has 0 amide bonds. The fraction of sp³-hybridized carbons (Fsp3) is 0.250. The first-order chi connectivity index (χ1) is 7.13. The zero-order valence-corrected chi connectivity index (χ0v) is 11.0. The first-order valence-electron chi connectivity index (χ1n) is 4.87. The third-order valence-corrected chi connectivity index (χ3v) is 3.44. The van der Waals surface area contributed by atoms with Crippen LogP contribution >= 0.6 is 27.5 Å². The Hall–Kier alpha value is -0.600. The Balaban J connectivity index is 2.84. The Kier molecular flexibility index (Phi) is 2.98. The minimum atomic E-state index is 0.626. The second kappa shape index (κ2) is 4.11. The van der Waals surface area contributed by atoms with E-state index in [2.05, 4.69) is 40.8 Å². The van der Waals surface area contributed by atoms with Crippen molar-refractivity contribution in [3.8, 4) is 0 Å². The van der Waals surface area contributed by atoms with E-state index in [4.69, 9.17) is 11.6 Å². The first-order valence-corrected chi connectivity index (χ1v) is 6.04. The Morgan fingerprint density at radius 2 is 2.13 bits per heavy atom. The van der Waals surface area contributed by atoms with Gasteiger partial charge in [-0.1, -0.05) is 40.5 Å². The molecule has 3 heteroatoms. The van der Waals surface area contributed by atoms with Crippen LogP contribution in [-0.4, -0.2) is 4.98 Å². The normalized spacial score (nSPS) is 10.9. The highest BCUT2D eigenvalue weighted by Gasteiger charge is 2.08. The molecule has 0 N–H and O–H groups in total. The molecule has 0 aliphatic carbocycles. The number of hydrogen-bond donors (Lipinski definition) is 0. The maximum Gasteiger partial charge on any atom is 0.133 e. The molecule has 1 aromatic carbocycles. The van der Waals surface area contributed by atoms with Crippen LogP contribution in [0.5, 0.6) is 0 Å². The topological polar surface area (TPSA) is 12.9 Å². The van der Waals surface area contributed by atoms with Gasteiger partial charge in [-0.15, -0.1) is 0 Å². The van der Waals surface area contributed by atoms with E-state index in [-0.39, 0.29) is 0 Å². The van der Waals surface area contributed by atoms with Gasteiger partial charge in [0.1, 0.15) is 5.15 Å². The van der Waals surface area contributed by atoms with E-state index in [0.717, 1.165) is 22.0 Å². The van der Waals surface area contributed by atoms with Crippen molar-refractivity contribution < 1.29 is 0 Å². The van der Waals surface area contributed by atoms with Gasteiger partial charge in [-0.25, -0.2) is 4.98 Å². The van der Waals surface area contributed by atoms with E-state index >= 15 is 0 Å². The van der Waals surface area contributed by atoms with Crippen molar-refractivity contribution in [1.29, 1.82) is 0 Å². The molecule has 1 nitrogen and oxygen atoms in total. The molecule has 0 aliphatic heterocycles. The molecule has 15 heavy (non-hydrogen) atoms. The lowest BCUT2D eigenvalue weighted by Crippen LogP contribution is -1.93. The molecular formula is C12H11BrClN. The van der Waals surface area contributed by atoms with E-state index in [9.17, 15) is 0 Å². The van der Waals surface area contributed by atoms with Crippen molar-refractivity contribution in [2.75, 3.05) is 0 Å². The number of rotatable bonds is 1. The summed E-state index contributed by atoms with van der Waals surface area (Å²) in [6.07, 6.45) is 0.920. The monoisotopic (exact) mass is 283 g/mol. The van der Waals surface area contributed by atoms with E-state index in [1.807, 2.05) is 12.1 Å². The molecule has 0 atom stereocenters. The van der Waals surface area contributed by atoms with Gasteiger partial charge in [-0.05, 0) is 36.6 Å². The summed E-state index contributed by atoms with van der Waals surface area (Å²) in [4.78, 5) is 4.40. The number of benzene rings is 1. The maximum atomic E-state index is 6.13. The Morgan fingerprint density at radius 3 is 2.80 bits per heavy atom. The Labute approximate surface area is 103 Å². The Bertz CT molecular complexity index is 523. The molecule has 2 aromatic rings. The quantitative estimate of drug-likeness (QED) is 0.702. The van der Waals surface area contributed by atoms with Crippen molar-refractivity contribution in [3.05, 3.63) is 39.0 Å². The van der Waals surface area contributed by atoms with Crippen LogP contribution in [0.3, 0.4) is 0 Å². The highest BCUT2D eigenvalue weighted by molar-refractivity contribution is 9.10. The number of hydrogen-bond acceptors (Lipinski definition) is 1. The van der Waals surface area contributed by atoms with Crippen LogP contribution in [-0.2, 0) is 6.42 Å². The molecule has 0 radical (unpaired) electrons. The minimum Gasteiger partial charge on any atom is -0.236 e. The summed E-state index contributed by atoms with van der Waals surface area (Å²) in [6, 6.07) is 6.11. The van der Waals surface area contributed by atoms with Crippen LogP contribution in [0.15, 0.2) is 22.7 Å². The summed E-state index contributed by atoms with van der Waals surface area (Å²) < 4.78 is 1.03. The van der Waals surface area contributed by atoms with Crippen LogP contribution in [0, 0.1) is 6.92 Å². The highest BCUT2D eigenvalue weighted by Crippen LogP contribution is 2.28. The van der Waals surface area contributed by atoms with Gasteiger partial charge in [-0.2, -0.15) is 0 Å². The summed E-state index contributed by atoms with van der Waals surface area (Å²) in [7, 11) is 0. The molecule has 78 valence electrons. The summed E-state index contributed by atoms with van der Waals surface area (Å²) in [6.45, 7) is 4.20. The standard InChI is InChI=1S/C12H11BrClN/c1-3-9-7(2)10-5-4-8(13)6-11(10)15-12(9)14/h4-6H,3H2,1-2H3. The lowest BCUT2D eigenvalue weighted by Gasteiger charge is -2.09. The van der Waals surface area contributed by atoms with Gasteiger partial charge >= 0.3 is 0 Å². The van der Waals surface area contributed by atoms with Crippen molar-refractivity contribution in [2.45, 2.75) is 20.3 Å². The summed E-state index contributed by atoms with van der Waals surface area (Å²) in [5.41, 5.74) is 3.33. The molecule has 0 spiro atoms. The molecule has 0 saturated heterocycles. The number of aryl methyl sites for hydroxylation is 1.